The summed E-state index contributed by atoms with van der Waals surface area (Å²) in [4.78, 5) is 11.0. The molecule has 0 aliphatic carbocycles. The van der Waals surface area contributed by atoms with Gasteiger partial charge in [0.05, 0.1) is 0 Å². The summed E-state index contributed by atoms with van der Waals surface area (Å²) < 4.78 is 56.0. The Labute approximate surface area is 114 Å². The van der Waals surface area contributed by atoms with Crippen molar-refractivity contribution in [2.45, 2.75) is 19.3 Å². The summed E-state index contributed by atoms with van der Waals surface area (Å²) in [5.74, 6) is -1.04. The summed E-state index contributed by atoms with van der Waals surface area (Å²) >= 11 is 0. The molecule has 0 atom stereocenters. The smallest absolute Gasteiger partial charge is 0.422 e. The second-order valence-electron chi connectivity index (χ2n) is 3.59. The van der Waals surface area contributed by atoms with Gasteiger partial charge in [-0.3, -0.25) is 0 Å². The number of nitrogens with one attached hydrogen (secondary N) is 1. The summed E-state index contributed by atoms with van der Waals surface area (Å²) in [6, 6.07) is 5.35. The first-order valence-corrected chi connectivity index (χ1v) is 7.14. The SMILES string of the molecule is CCNC(=O)OS(=O)(=O)Cc1ccccc1OC(F)F. The van der Waals surface area contributed by atoms with Crippen molar-refractivity contribution in [2.75, 3.05) is 6.54 Å². The average molecular weight is 309 g/mol. The van der Waals surface area contributed by atoms with Crippen molar-refractivity contribution >= 4 is 16.2 Å². The molecule has 0 aliphatic heterocycles. The van der Waals surface area contributed by atoms with Crippen molar-refractivity contribution in [3.05, 3.63) is 29.8 Å². The van der Waals surface area contributed by atoms with E-state index in [2.05, 4.69) is 14.2 Å². The van der Waals surface area contributed by atoms with Gasteiger partial charge in [0.2, 0.25) is 0 Å². The molecule has 0 spiro atoms. The predicted octanol–water partition coefficient (Wildman–Crippen LogP) is 1.86. The molecule has 0 unspecified atom stereocenters. The lowest BCUT2D eigenvalue weighted by molar-refractivity contribution is -0.0503. The lowest BCUT2D eigenvalue weighted by Gasteiger charge is -2.11. The fraction of sp³-hybridized carbons (Fsp3) is 0.364. The minimum Gasteiger partial charge on any atom is -0.435 e. The Bertz CT molecular complexity index is 562. The quantitative estimate of drug-likeness (QED) is 0.811. The van der Waals surface area contributed by atoms with Gasteiger partial charge in [0.25, 0.3) is 0 Å². The van der Waals surface area contributed by atoms with Gasteiger partial charge >= 0.3 is 22.8 Å². The van der Waals surface area contributed by atoms with Crippen LogP contribution in [0.5, 0.6) is 5.75 Å². The first-order chi connectivity index (χ1) is 9.34. The zero-order valence-electron chi connectivity index (χ0n) is 10.5. The maximum absolute atomic E-state index is 12.2. The third-order valence-corrected chi connectivity index (χ3v) is 3.11. The van der Waals surface area contributed by atoms with E-state index in [1.165, 1.54) is 24.3 Å². The normalized spacial score (nSPS) is 11.2. The maximum Gasteiger partial charge on any atom is 0.422 e. The number of rotatable bonds is 6. The molecule has 1 aromatic carbocycles. The Morgan fingerprint density at radius 3 is 2.60 bits per heavy atom. The molecule has 20 heavy (non-hydrogen) atoms. The van der Waals surface area contributed by atoms with Crippen LogP contribution in [0.25, 0.3) is 0 Å². The Hall–Kier alpha value is -1.90. The predicted molar refractivity (Wildman–Crippen MR) is 65.9 cm³/mol. The summed E-state index contributed by atoms with van der Waals surface area (Å²) in [5.41, 5.74) is -0.0305. The Balaban J connectivity index is 2.84. The molecule has 0 bridgehead atoms. The van der Waals surface area contributed by atoms with E-state index >= 15 is 0 Å². The molecule has 1 aromatic rings. The lowest BCUT2D eigenvalue weighted by Crippen LogP contribution is -2.27. The number of para-hydroxylation sites is 1. The van der Waals surface area contributed by atoms with Crippen molar-refractivity contribution in [1.82, 2.24) is 5.32 Å². The molecule has 0 heterocycles. The van der Waals surface area contributed by atoms with E-state index in [1.54, 1.807) is 6.92 Å². The van der Waals surface area contributed by atoms with Crippen molar-refractivity contribution < 1.29 is 30.9 Å². The number of carbonyl (C=O) groups excluding carboxylic acids is 1. The Kier molecular flexibility index (Phi) is 5.68. The standard InChI is InChI=1S/C11H13F2NO5S/c1-2-14-11(15)19-20(16,17)7-8-5-3-4-6-9(8)18-10(12)13/h3-6,10H,2,7H2,1H3,(H,14,15). The van der Waals surface area contributed by atoms with Crippen LogP contribution in [0.3, 0.4) is 0 Å². The zero-order chi connectivity index (χ0) is 15.2. The topological polar surface area (TPSA) is 81.7 Å². The average Bonchev–Trinajstić information content (AvgIpc) is 2.30. The van der Waals surface area contributed by atoms with Crippen molar-refractivity contribution in [1.29, 1.82) is 0 Å². The summed E-state index contributed by atoms with van der Waals surface area (Å²) in [5, 5.41) is 2.14. The highest BCUT2D eigenvalue weighted by Crippen LogP contribution is 2.22. The molecule has 0 aromatic heterocycles. The highest BCUT2D eigenvalue weighted by molar-refractivity contribution is 7.86. The molecule has 0 saturated carbocycles. The summed E-state index contributed by atoms with van der Waals surface area (Å²) in [7, 11) is -4.25. The molecular weight excluding hydrogens is 296 g/mol. The fourth-order valence-electron chi connectivity index (χ4n) is 1.34. The number of carbonyl (C=O) groups is 1. The zero-order valence-corrected chi connectivity index (χ0v) is 11.3. The van der Waals surface area contributed by atoms with E-state index in [1.807, 2.05) is 0 Å². The number of benzene rings is 1. The third-order valence-electron chi connectivity index (χ3n) is 2.04. The first-order valence-electron chi connectivity index (χ1n) is 5.56. The fourth-order valence-corrected chi connectivity index (χ4v) is 2.31. The highest BCUT2D eigenvalue weighted by Gasteiger charge is 2.20. The molecular formula is C11H13F2NO5S. The van der Waals surface area contributed by atoms with Crippen LogP contribution in [0.2, 0.25) is 0 Å². The van der Waals surface area contributed by atoms with Gasteiger partial charge in [-0.2, -0.15) is 17.2 Å². The molecule has 1 amide bonds. The van der Waals surface area contributed by atoms with Gasteiger partial charge in [-0.25, -0.2) is 4.79 Å². The van der Waals surface area contributed by atoms with Gasteiger partial charge in [0, 0.05) is 12.1 Å². The van der Waals surface area contributed by atoms with E-state index in [-0.39, 0.29) is 17.9 Å². The largest absolute Gasteiger partial charge is 0.435 e. The second-order valence-corrected chi connectivity index (χ2v) is 5.16. The van der Waals surface area contributed by atoms with E-state index in [4.69, 9.17) is 0 Å². The Morgan fingerprint density at radius 2 is 2.00 bits per heavy atom. The second kappa shape index (κ2) is 7.04. The third kappa shape index (κ3) is 5.39. The molecule has 6 nitrogen and oxygen atoms in total. The highest BCUT2D eigenvalue weighted by atomic mass is 32.2. The molecule has 0 radical (unpaired) electrons. The molecule has 0 saturated heterocycles. The summed E-state index contributed by atoms with van der Waals surface area (Å²) in [6.07, 6.45) is -1.13. The van der Waals surface area contributed by atoms with E-state index in [0.29, 0.717) is 0 Å². The van der Waals surface area contributed by atoms with Crippen LogP contribution in [-0.4, -0.2) is 27.7 Å². The van der Waals surface area contributed by atoms with Crippen LogP contribution in [0.15, 0.2) is 24.3 Å². The Morgan fingerprint density at radius 1 is 1.35 bits per heavy atom. The molecule has 1 rings (SSSR count). The van der Waals surface area contributed by atoms with Crippen LogP contribution < -0.4 is 10.1 Å². The van der Waals surface area contributed by atoms with E-state index in [0.717, 1.165) is 0 Å². The first kappa shape index (κ1) is 16.2. The number of amides is 1. The van der Waals surface area contributed by atoms with Gasteiger partial charge in [0.15, 0.2) is 0 Å². The molecule has 0 fully saturated rings. The van der Waals surface area contributed by atoms with Gasteiger partial charge in [-0.1, -0.05) is 18.2 Å². The number of alkyl halides is 2. The number of ether oxygens (including phenoxy) is 1. The minimum atomic E-state index is -4.25. The lowest BCUT2D eigenvalue weighted by atomic mass is 10.2. The monoisotopic (exact) mass is 309 g/mol. The van der Waals surface area contributed by atoms with Crippen LogP contribution in [-0.2, 0) is 20.1 Å². The van der Waals surface area contributed by atoms with Crippen LogP contribution in [0.4, 0.5) is 13.6 Å². The molecule has 9 heteroatoms. The molecule has 0 aliphatic rings. The van der Waals surface area contributed by atoms with Crippen molar-refractivity contribution in [3.63, 3.8) is 0 Å². The van der Waals surface area contributed by atoms with Gasteiger partial charge < -0.3 is 14.2 Å². The molecule has 112 valence electrons. The van der Waals surface area contributed by atoms with Crippen molar-refractivity contribution in [2.24, 2.45) is 0 Å². The van der Waals surface area contributed by atoms with Crippen LogP contribution >= 0.6 is 0 Å². The summed E-state index contributed by atoms with van der Waals surface area (Å²) in [6.45, 7) is -1.30. The van der Waals surface area contributed by atoms with Crippen molar-refractivity contribution in [3.8, 4) is 5.75 Å². The van der Waals surface area contributed by atoms with Crippen LogP contribution in [0, 0.1) is 0 Å². The van der Waals surface area contributed by atoms with Crippen LogP contribution in [0.1, 0.15) is 12.5 Å². The van der Waals surface area contributed by atoms with Gasteiger partial charge in [-0.05, 0) is 13.0 Å². The van der Waals surface area contributed by atoms with Gasteiger partial charge in [-0.15, -0.1) is 0 Å². The number of hydrogen-bond donors (Lipinski definition) is 1. The molecule has 1 N–H and O–H groups in total. The number of halogens is 2. The number of hydrogen-bond acceptors (Lipinski definition) is 5. The minimum absolute atomic E-state index is 0.0305. The van der Waals surface area contributed by atoms with Gasteiger partial charge in [0.1, 0.15) is 11.5 Å². The van der Waals surface area contributed by atoms with E-state index in [9.17, 15) is 22.0 Å². The maximum atomic E-state index is 12.2. The van der Waals surface area contributed by atoms with E-state index < -0.39 is 28.6 Å².